The van der Waals surface area contributed by atoms with E-state index >= 15 is 0 Å². The Morgan fingerprint density at radius 1 is 0.969 bits per heavy atom. The number of rotatable bonds is 5. The Bertz CT molecular complexity index is 1200. The molecular formula is C26H23NO5. The van der Waals surface area contributed by atoms with E-state index in [-0.39, 0.29) is 17.1 Å². The Kier molecular flexibility index (Phi) is 5.69. The topological polar surface area (TPSA) is 87.1 Å². The molecule has 0 bridgehead atoms. The fourth-order valence-electron chi connectivity index (χ4n) is 3.92. The van der Waals surface area contributed by atoms with Crippen molar-refractivity contribution in [2.45, 2.75) is 19.9 Å². The molecule has 1 heterocycles. The summed E-state index contributed by atoms with van der Waals surface area (Å²) in [6.45, 7) is 4.24. The molecule has 32 heavy (non-hydrogen) atoms. The number of aliphatic hydroxyl groups is 1. The van der Waals surface area contributed by atoms with Gasteiger partial charge in [-0.05, 0) is 67.4 Å². The van der Waals surface area contributed by atoms with Crippen LogP contribution >= 0.6 is 0 Å². The number of phenols is 1. The molecule has 1 atom stereocenters. The molecule has 6 nitrogen and oxygen atoms in total. The highest BCUT2D eigenvalue weighted by atomic mass is 16.5. The van der Waals surface area contributed by atoms with Gasteiger partial charge in [-0.2, -0.15) is 0 Å². The number of para-hydroxylation sites is 1. The van der Waals surface area contributed by atoms with Crippen molar-refractivity contribution in [1.29, 1.82) is 0 Å². The summed E-state index contributed by atoms with van der Waals surface area (Å²) in [5.41, 5.74) is 2.39. The SMILES string of the molecule is CCOc1ccc(/C(O)=C2\C(=O)C(=O)N(c3ccccc3C)C2c2ccc(O)cc2)cc1. The van der Waals surface area contributed by atoms with Crippen molar-refractivity contribution in [3.63, 3.8) is 0 Å². The summed E-state index contributed by atoms with van der Waals surface area (Å²) < 4.78 is 5.44. The Balaban J connectivity index is 1.90. The normalized spacial score (nSPS) is 17.6. The standard InChI is InChI=1S/C26H23NO5/c1-3-32-20-14-10-18(11-15-20)24(29)22-23(17-8-12-19(28)13-9-17)27(26(31)25(22)30)21-7-5-4-6-16(21)2/h4-15,23,28-29H,3H2,1-2H3/b24-22+. The van der Waals surface area contributed by atoms with Crippen LogP contribution in [0.2, 0.25) is 0 Å². The van der Waals surface area contributed by atoms with Crippen LogP contribution in [0.4, 0.5) is 5.69 Å². The maximum Gasteiger partial charge on any atom is 0.300 e. The number of aliphatic hydroxyl groups excluding tert-OH is 1. The number of aryl methyl sites for hydroxylation is 1. The highest BCUT2D eigenvalue weighted by Crippen LogP contribution is 2.43. The van der Waals surface area contributed by atoms with Crippen molar-refractivity contribution >= 4 is 23.1 Å². The summed E-state index contributed by atoms with van der Waals surface area (Å²) in [4.78, 5) is 27.7. The smallest absolute Gasteiger partial charge is 0.300 e. The second-order valence-electron chi connectivity index (χ2n) is 7.50. The van der Waals surface area contributed by atoms with Crippen LogP contribution in [0.15, 0.2) is 78.4 Å². The quantitative estimate of drug-likeness (QED) is 0.348. The van der Waals surface area contributed by atoms with Crippen LogP contribution < -0.4 is 9.64 Å². The number of Topliss-reactive ketones (excluding diaryl/α,β-unsaturated/α-hetero) is 1. The second-order valence-corrected chi connectivity index (χ2v) is 7.50. The van der Waals surface area contributed by atoms with E-state index in [4.69, 9.17) is 4.74 Å². The lowest BCUT2D eigenvalue weighted by Gasteiger charge is -2.26. The number of carbonyl (C=O) groups is 2. The Morgan fingerprint density at radius 3 is 2.25 bits per heavy atom. The molecule has 3 aromatic carbocycles. The molecule has 1 saturated heterocycles. The van der Waals surface area contributed by atoms with Crippen LogP contribution in [-0.2, 0) is 9.59 Å². The number of carbonyl (C=O) groups excluding carboxylic acids is 2. The maximum absolute atomic E-state index is 13.2. The third-order valence-corrected chi connectivity index (χ3v) is 5.47. The van der Waals surface area contributed by atoms with Gasteiger partial charge in [0.1, 0.15) is 17.3 Å². The number of nitrogens with zero attached hydrogens (tertiary/aromatic N) is 1. The highest BCUT2D eigenvalue weighted by molar-refractivity contribution is 6.51. The first-order valence-electron chi connectivity index (χ1n) is 10.3. The minimum atomic E-state index is -0.844. The molecule has 1 amide bonds. The van der Waals surface area contributed by atoms with Crippen molar-refractivity contribution in [1.82, 2.24) is 0 Å². The minimum Gasteiger partial charge on any atom is -0.508 e. The van der Waals surface area contributed by atoms with Gasteiger partial charge < -0.3 is 14.9 Å². The van der Waals surface area contributed by atoms with Gasteiger partial charge in [0.05, 0.1) is 18.2 Å². The number of amides is 1. The van der Waals surface area contributed by atoms with E-state index in [2.05, 4.69) is 0 Å². The van der Waals surface area contributed by atoms with Gasteiger partial charge in [0, 0.05) is 11.3 Å². The first-order chi connectivity index (χ1) is 15.4. The predicted octanol–water partition coefficient (Wildman–Crippen LogP) is 4.73. The first kappa shape index (κ1) is 21.2. The number of hydrogen-bond acceptors (Lipinski definition) is 5. The van der Waals surface area contributed by atoms with Gasteiger partial charge in [-0.15, -0.1) is 0 Å². The summed E-state index contributed by atoms with van der Waals surface area (Å²) in [5, 5.41) is 20.9. The average molecular weight is 429 g/mol. The number of phenolic OH excluding ortho intramolecular Hbond substituents is 1. The number of anilines is 1. The molecule has 0 aromatic heterocycles. The molecule has 3 aromatic rings. The number of aromatic hydroxyl groups is 1. The van der Waals surface area contributed by atoms with Gasteiger partial charge in [0.25, 0.3) is 11.7 Å². The minimum absolute atomic E-state index is 0.00639. The molecule has 1 aliphatic rings. The molecule has 1 fully saturated rings. The third-order valence-electron chi connectivity index (χ3n) is 5.47. The molecule has 1 unspecified atom stereocenters. The molecule has 0 radical (unpaired) electrons. The van der Waals surface area contributed by atoms with Crippen molar-refractivity contribution in [3.05, 3.63) is 95.1 Å². The Morgan fingerprint density at radius 2 is 1.62 bits per heavy atom. The number of ketones is 1. The van der Waals surface area contributed by atoms with Crippen LogP contribution in [0.3, 0.4) is 0 Å². The van der Waals surface area contributed by atoms with E-state index in [9.17, 15) is 19.8 Å². The van der Waals surface area contributed by atoms with E-state index in [0.29, 0.717) is 29.2 Å². The van der Waals surface area contributed by atoms with Crippen molar-refractivity contribution in [3.8, 4) is 11.5 Å². The zero-order valence-corrected chi connectivity index (χ0v) is 17.8. The molecule has 4 rings (SSSR count). The van der Waals surface area contributed by atoms with Gasteiger partial charge in [-0.3, -0.25) is 14.5 Å². The van der Waals surface area contributed by atoms with E-state index in [1.165, 1.54) is 17.0 Å². The second kappa shape index (κ2) is 8.59. The van der Waals surface area contributed by atoms with Crippen molar-refractivity contribution in [2.24, 2.45) is 0 Å². The fraction of sp³-hybridized carbons (Fsp3) is 0.154. The fourth-order valence-corrected chi connectivity index (χ4v) is 3.92. The van der Waals surface area contributed by atoms with Gasteiger partial charge in [-0.25, -0.2) is 0 Å². The van der Waals surface area contributed by atoms with E-state index in [1.807, 2.05) is 26.0 Å². The third kappa shape index (κ3) is 3.71. The van der Waals surface area contributed by atoms with Crippen LogP contribution in [0.5, 0.6) is 11.5 Å². The lowest BCUT2D eigenvalue weighted by molar-refractivity contribution is -0.132. The Labute approximate surface area is 186 Å². The molecular weight excluding hydrogens is 406 g/mol. The first-order valence-corrected chi connectivity index (χ1v) is 10.3. The Hall–Kier alpha value is -4.06. The monoisotopic (exact) mass is 429 g/mol. The van der Waals surface area contributed by atoms with Gasteiger partial charge in [-0.1, -0.05) is 30.3 Å². The summed E-state index contributed by atoms with van der Waals surface area (Å²) in [7, 11) is 0. The maximum atomic E-state index is 13.2. The molecule has 162 valence electrons. The highest BCUT2D eigenvalue weighted by Gasteiger charge is 2.47. The largest absolute Gasteiger partial charge is 0.508 e. The number of benzene rings is 3. The summed E-state index contributed by atoms with van der Waals surface area (Å²) in [6, 6.07) is 19.4. The summed E-state index contributed by atoms with van der Waals surface area (Å²) in [6.07, 6.45) is 0. The van der Waals surface area contributed by atoms with Gasteiger partial charge >= 0.3 is 0 Å². The van der Waals surface area contributed by atoms with Gasteiger partial charge in [0.15, 0.2) is 0 Å². The van der Waals surface area contributed by atoms with Crippen LogP contribution in [0.25, 0.3) is 5.76 Å². The molecule has 2 N–H and O–H groups in total. The lowest BCUT2D eigenvalue weighted by atomic mass is 9.95. The molecule has 0 spiro atoms. The van der Waals surface area contributed by atoms with Crippen LogP contribution in [-0.4, -0.2) is 28.5 Å². The number of hydrogen-bond donors (Lipinski definition) is 2. The van der Waals surface area contributed by atoms with E-state index in [0.717, 1.165) is 5.56 Å². The zero-order valence-electron chi connectivity index (χ0n) is 17.8. The lowest BCUT2D eigenvalue weighted by Crippen LogP contribution is -2.30. The molecule has 0 aliphatic carbocycles. The van der Waals surface area contributed by atoms with Crippen molar-refractivity contribution in [2.75, 3.05) is 11.5 Å². The van der Waals surface area contributed by atoms with Crippen molar-refractivity contribution < 1.29 is 24.5 Å². The summed E-state index contributed by atoms with van der Waals surface area (Å²) in [5.74, 6) is -1.05. The molecule has 6 heteroatoms. The van der Waals surface area contributed by atoms with E-state index < -0.39 is 17.7 Å². The summed E-state index contributed by atoms with van der Waals surface area (Å²) >= 11 is 0. The molecule has 0 saturated carbocycles. The van der Waals surface area contributed by atoms with Crippen LogP contribution in [0, 0.1) is 6.92 Å². The van der Waals surface area contributed by atoms with Crippen LogP contribution in [0.1, 0.15) is 29.7 Å². The predicted molar refractivity (Wildman–Crippen MR) is 122 cm³/mol. The number of ether oxygens (including phenoxy) is 1. The average Bonchev–Trinajstić information content (AvgIpc) is 3.05. The van der Waals surface area contributed by atoms with Gasteiger partial charge in [0.2, 0.25) is 0 Å². The zero-order chi connectivity index (χ0) is 22.8. The van der Waals surface area contributed by atoms with E-state index in [1.54, 1.807) is 48.5 Å². The molecule has 1 aliphatic heterocycles.